The van der Waals surface area contributed by atoms with Gasteiger partial charge < -0.3 is 9.64 Å². The molecular weight excluding hydrogens is 238 g/mol. The van der Waals surface area contributed by atoms with E-state index in [0.29, 0.717) is 0 Å². The lowest BCUT2D eigenvalue weighted by molar-refractivity contribution is -0.130. The van der Waals surface area contributed by atoms with Crippen LogP contribution in [0.2, 0.25) is 0 Å². The van der Waals surface area contributed by atoms with Crippen molar-refractivity contribution in [3.63, 3.8) is 0 Å². The van der Waals surface area contributed by atoms with E-state index in [1.165, 1.54) is 18.0 Å². The summed E-state index contributed by atoms with van der Waals surface area (Å²) in [6.45, 7) is 1.75. The summed E-state index contributed by atoms with van der Waals surface area (Å²) < 4.78 is 5.82. The van der Waals surface area contributed by atoms with Crippen LogP contribution in [0.15, 0.2) is 6.20 Å². The van der Waals surface area contributed by atoms with Crippen LogP contribution in [0.1, 0.15) is 12.8 Å². The van der Waals surface area contributed by atoms with Gasteiger partial charge in [-0.1, -0.05) is 5.21 Å². The summed E-state index contributed by atoms with van der Waals surface area (Å²) in [6.07, 6.45) is 2.98. The molecule has 1 N–H and O–H groups in total. The maximum Gasteiger partial charge on any atom is 0.412 e. The summed E-state index contributed by atoms with van der Waals surface area (Å²) in [5, 5.41) is 9.85. The van der Waals surface area contributed by atoms with E-state index in [1.807, 2.05) is 0 Å². The number of hydrogen-bond acceptors (Lipinski definition) is 5. The highest BCUT2D eigenvalue weighted by Crippen LogP contribution is 2.08. The molecule has 0 unspecified atom stereocenters. The molecule has 8 nitrogen and oxygen atoms in total. The topological polar surface area (TPSA) is 89.4 Å². The minimum atomic E-state index is -0.618. The number of methoxy groups -OCH3 is 1. The van der Waals surface area contributed by atoms with Crippen LogP contribution < -0.4 is 5.32 Å². The average Bonchev–Trinajstić information content (AvgIpc) is 3.00. The lowest BCUT2D eigenvalue weighted by atomic mass is 10.4. The Labute approximate surface area is 104 Å². The first-order valence-electron chi connectivity index (χ1n) is 5.72. The fraction of sp³-hybridized carbons (Fsp3) is 0.600. The molecule has 98 valence electrons. The Bertz CT molecular complexity index is 438. The number of nitrogens with zero attached hydrogens (tertiary/aromatic N) is 4. The van der Waals surface area contributed by atoms with Crippen molar-refractivity contribution in [1.29, 1.82) is 0 Å². The van der Waals surface area contributed by atoms with Crippen LogP contribution in [0.25, 0.3) is 0 Å². The highest BCUT2D eigenvalue weighted by Gasteiger charge is 2.18. The Balaban J connectivity index is 1.89. The second kappa shape index (κ2) is 5.48. The monoisotopic (exact) mass is 253 g/mol. The number of carbonyl (C=O) groups is 2. The summed E-state index contributed by atoms with van der Waals surface area (Å²) >= 11 is 0. The first-order valence-corrected chi connectivity index (χ1v) is 5.72. The maximum absolute atomic E-state index is 11.8. The molecule has 8 heteroatoms. The number of hydrogen-bond donors (Lipinski definition) is 1. The van der Waals surface area contributed by atoms with E-state index in [0.717, 1.165) is 25.9 Å². The number of ether oxygens (including phenoxy) is 1. The Kier molecular flexibility index (Phi) is 3.75. The van der Waals surface area contributed by atoms with Gasteiger partial charge in [0.15, 0.2) is 5.82 Å². The Morgan fingerprint density at radius 3 is 2.83 bits per heavy atom. The normalized spacial score (nSPS) is 14.6. The van der Waals surface area contributed by atoms with Crippen LogP contribution in [-0.2, 0) is 16.1 Å². The molecule has 0 bridgehead atoms. The molecule has 0 radical (unpaired) electrons. The molecule has 0 spiro atoms. The van der Waals surface area contributed by atoms with Crippen molar-refractivity contribution in [1.82, 2.24) is 19.9 Å². The molecule has 0 aliphatic carbocycles. The summed E-state index contributed by atoms with van der Waals surface area (Å²) in [5.74, 6) is 0.276. The molecule has 0 aromatic carbocycles. The number of aromatic nitrogens is 3. The molecule has 0 saturated carbocycles. The number of likely N-dealkylation sites (tertiary alicyclic amines) is 1. The Hall–Kier alpha value is -2.12. The fourth-order valence-corrected chi connectivity index (χ4v) is 1.79. The fourth-order valence-electron chi connectivity index (χ4n) is 1.79. The third kappa shape index (κ3) is 2.96. The Morgan fingerprint density at radius 1 is 1.44 bits per heavy atom. The van der Waals surface area contributed by atoms with E-state index in [9.17, 15) is 9.59 Å². The van der Waals surface area contributed by atoms with Gasteiger partial charge in [-0.15, -0.1) is 5.10 Å². The predicted octanol–water partition coefficient (Wildman–Crippen LogP) is 0.0788. The summed E-state index contributed by atoms with van der Waals surface area (Å²) in [5.41, 5.74) is 0. The first kappa shape index (κ1) is 12.3. The van der Waals surface area contributed by atoms with E-state index >= 15 is 0 Å². The van der Waals surface area contributed by atoms with Gasteiger partial charge in [-0.05, 0) is 12.8 Å². The van der Waals surface area contributed by atoms with E-state index < -0.39 is 6.09 Å². The summed E-state index contributed by atoms with van der Waals surface area (Å²) in [4.78, 5) is 24.6. The minimum Gasteiger partial charge on any atom is -0.453 e. The van der Waals surface area contributed by atoms with E-state index in [2.05, 4.69) is 20.4 Å². The van der Waals surface area contributed by atoms with E-state index in [1.54, 1.807) is 4.90 Å². The van der Waals surface area contributed by atoms with Gasteiger partial charge >= 0.3 is 6.09 Å². The Morgan fingerprint density at radius 2 is 2.17 bits per heavy atom. The van der Waals surface area contributed by atoms with Gasteiger partial charge in [-0.2, -0.15) is 0 Å². The summed E-state index contributed by atoms with van der Waals surface area (Å²) in [7, 11) is 1.26. The lowest BCUT2D eigenvalue weighted by Crippen LogP contribution is -2.31. The molecule has 1 saturated heterocycles. The molecule has 2 amide bonds. The molecule has 1 aliphatic heterocycles. The first-order chi connectivity index (χ1) is 8.69. The van der Waals surface area contributed by atoms with Crippen molar-refractivity contribution in [2.24, 2.45) is 0 Å². The largest absolute Gasteiger partial charge is 0.453 e. The van der Waals surface area contributed by atoms with Crippen molar-refractivity contribution >= 4 is 17.8 Å². The molecule has 2 rings (SSSR count). The van der Waals surface area contributed by atoms with Crippen LogP contribution in [0, 0.1) is 0 Å². The standard InChI is InChI=1S/C10H15N5O3/c1-18-10(17)11-8-6-15(13-12-8)7-9(16)14-4-2-3-5-14/h6H,2-5,7H2,1H3,(H,11,17). The highest BCUT2D eigenvalue weighted by atomic mass is 16.5. The molecule has 1 aromatic heterocycles. The molecule has 1 fully saturated rings. The molecule has 2 heterocycles. The van der Waals surface area contributed by atoms with Crippen molar-refractivity contribution in [2.75, 3.05) is 25.5 Å². The SMILES string of the molecule is COC(=O)Nc1cn(CC(=O)N2CCCC2)nn1. The van der Waals surface area contributed by atoms with Gasteiger partial charge in [-0.25, -0.2) is 9.48 Å². The molecule has 1 aromatic rings. The van der Waals surface area contributed by atoms with Crippen molar-refractivity contribution < 1.29 is 14.3 Å². The minimum absolute atomic E-state index is 0.0158. The van der Waals surface area contributed by atoms with Gasteiger partial charge in [0.1, 0.15) is 6.54 Å². The molecule has 1 aliphatic rings. The van der Waals surface area contributed by atoms with E-state index in [-0.39, 0.29) is 18.3 Å². The zero-order valence-electron chi connectivity index (χ0n) is 10.1. The van der Waals surface area contributed by atoms with Gasteiger partial charge in [0.25, 0.3) is 0 Å². The van der Waals surface area contributed by atoms with Gasteiger partial charge in [-0.3, -0.25) is 10.1 Å². The second-order valence-electron chi connectivity index (χ2n) is 4.01. The molecule has 0 atom stereocenters. The van der Waals surface area contributed by atoms with E-state index in [4.69, 9.17) is 0 Å². The van der Waals surface area contributed by atoms with Gasteiger partial charge in [0.05, 0.1) is 13.3 Å². The predicted molar refractivity (Wildman–Crippen MR) is 61.9 cm³/mol. The summed E-state index contributed by atoms with van der Waals surface area (Å²) in [6, 6.07) is 0. The maximum atomic E-state index is 11.8. The number of rotatable bonds is 3. The smallest absolute Gasteiger partial charge is 0.412 e. The quantitative estimate of drug-likeness (QED) is 0.823. The van der Waals surface area contributed by atoms with Crippen molar-refractivity contribution in [3.8, 4) is 0 Å². The van der Waals surface area contributed by atoms with Crippen LogP contribution in [0.3, 0.4) is 0 Å². The van der Waals surface area contributed by atoms with Crippen molar-refractivity contribution in [3.05, 3.63) is 6.20 Å². The number of amides is 2. The third-order valence-electron chi connectivity index (χ3n) is 2.71. The number of carbonyl (C=O) groups excluding carboxylic acids is 2. The molecule has 18 heavy (non-hydrogen) atoms. The highest BCUT2D eigenvalue weighted by molar-refractivity contribution is 5.82. The number of anilines is 1. The average molecular weight is 253 g/mol. The van der Waals surface area contributed by atoms with Crippen LogP contribution in [-0.4, -0.2) is 52.1 Å². The second-order valence-corrected chi connectivity index (χ2v) is 4.01. The zero-order valence-corrected chi connectivity index (χ0v) is 10.1. The van der Waals surface area contributed by atoms with Crippen molar-refractivity contribution in [2.45, 2.75) is 19.4 Å². The van der Waals surface area contributed by atoms with Crippen LogP contribution in [0.4, 0.5) is 10.6 Å². The van der Waals surface area contributed by atoms with Gasteiger partial charge in [0.2, 0.25) is 5.91 Å². The third-order valence-corrected chi connectivity index (χ3v) is 2.71. The van der Waals surface area contributed by atoms with Crippen LogP contribution >= 0.6 is 0 Å². The number of nitrogens with one attached hydrogen (secondary N) is 1. The zero-order chi connectivity index (χ0) is 13.0. The lowest BCUT2D eigenvalue weighted by Gasteiger charge is -2.14. The molecular formula is C10H15N5O3. The van der Waals surface area contributed by atoms with Gasteiger partial charge in [0, 0.05) is 13.1 Å². The van der Waals surface area contributed by atoms with Crippen LogP contribution in [0.5, 0.6) is 0 Å².